The summed E-state index contributed by atoms with van der Waals surface area (Å²) in [5, 5.41) is 8.64. The number of carbonyl (C=O) groups is 1. The molecule has 0 fully saturated rings. The molecule has 0 saturated heterocycles. The minimum absolute atomic E-state index is 0.0815. The van der Waals surface area contributed by atoms with Crippen molar-refractivity contribution >= 4 is 5.91 Å². The van der Waals surface area contributed by atoms with E-state index in [1.54, 1.807) is 24.2 Å². The zero-order valence-electron chi connectivity index (χ0n) is 11.6. The third-order valence-electron chi connectivity index (χ3n) is 2.53. The number of aliphatic hydroxyl groups is 1. The number of amides is 1. The number of aromatic nitrogens is 1. The van der Waals surface area contributed by atoms with Crippen LogP contribution in [0.1, 0.15) is 15.9 Å². The van der Waals surface area contributed by atoms with E-state index in [0.717, 1.165) is 6.54 Å². The van der Waals surface area contributed by atoms with E-state index in [4.69, 9.17) is 5.11 Å². The van der Waals surface area contributed by atoms with Crippen LogP contribution in [0.25, 0.3) is 0 Å². The number of pyridine rings is 1. The topological polar surface area (TPSA) is 56.7 Å². The molecule has 5 heteroatoms. The predicted molar refractivity (Wildman–Crippen MR) is 73.7 cm³/mol. The molecule has 0 aliphatic rings. The van der Waals surface area contributed by atoms with Crippen LogP contribution in [0.3, 0.4) is 0 Å². The molecule has 0 aliphatic heterocycles. The quantitative estimate of drug-likeness (QED) is 0.779. The van der Waals surface area contributed by atoms with E-state index in [0.29, 0.717) is 17.7 Å². The van der Waals surface area contributed by atoms with Crippen molar-refractivity contribution in [1.82, 2.24) is 14.8 Å². The molecule has 0 atom stereocenters. The third kappa shape index (κ3) is 5.08. The van der Waals surface area contributed by atoms with E-state index in [-0.39, 0.29) is 12.5 Å². The van der Waals surface area contributed by atoms with Gasteiger partial charge in [0.1, 0.15) is 6.61 Å². The van der Waals surface area contributed by atoms with Crippen molar-refractivity contribution in [2.24, 2.45) is 0 Å². The van der Waals surface area contributed by atoms with Gasteiger partial charge in [-0.3, -0.25) is 9.78 Å². The van der Waals surface area contributed by atoms with E-state index in [2.05, 4.69) is 16.8 Å². The van der Waals surface area contributed by atoms with E-state index >= 15 is 0 Å². The second-order valence-electron chi connectivity index (χ2n) is 4.45. The number of hydrogen-bond acceptors (Lipinski definition) is 4. The highest BCUT2D eigenvalue weighted by atomic mass is 16.2. The molecule has 1 N–H and O–H groups in total. The van der Waals surface area contributed by atoms with Gasteiger partial charge in [0.05, 0.1) is 5.56 Å². The van der Waals surface area contributed by atoms with Gasteiger partial charge < -0.3 is 14.9 Å². The van der Waals surface area contributed by atoms with E-state index in [1.165, 1.54) is 6.20 Å². The van der Waals surface area contributed by atoms with Crippen molar-refractivity contribution in [2.75, 3.05) is 40.8 Å². The van der Waals surface area contributed by atoms with Gasteiger partial charge in [-0.1, -0.05) is 11.8 Å². The summed E-state index contributed by atoms with van der Waals surface area (Å²) in [5.41, 5.74) is 1.13. The Labute approximate surface area is 113 Å². The summed E-state index contributed by atoms with van der Waals surface area (Å²) in [6, 6.07) is 1.68. The summed E-state index contributed by atoms with van der Waals surface area (Å²) in [7, 11) is 5.69. The normalized spacial score (nSPS) is 9.95. The van der Waals surface area contributed by atoms with Crippen molar-refractivity contribution in [1.29, 1.82) is 0 Å². The molecule has 1 amide bonds. The Morgan fingerprint density at radius 1 is 1.32 bits per heavy atom. The Balaban J connectivity index is 2.76. The highest BCUT2D eigenvalue weighted by molar-refractivity contribution is 5.94. The number of rotatable bonds is 4. The van der Waals surface area contributed by atoms with Gasteiger partial charge in [0.2, 0.25) is 0 Å². The van der Waals surface area contributed by atoms with Crippen LogP contribution in [0.15, 0.2) is 18.5 Å². The first-order chi connectivity index (χ1) is 9.04. The smallest absolute Gasteiger partial charge is 0.255 e. The minimum Gasteiger partial charge on any atom is -0.384 e. The Hall–Kier alpha value is -1.90. The molecule has 1 aromatic rings. The zero-order valence-corrected chi connectivity index (χ0v) is 11.6. The molecular formula is C14H19N3O2. The highest BCUT2D eigenvalue weighted by Gasteiger charge is 2.12. The van der Waals surface area contributed by atoms with Crippen molar-refractivity contribution in [2.45, 2.75) is 0 Å². The second-order valence-corrected chi connectivity index (χ2v) is 4.45. The molecule has 0 aliphatic carbocycles. The monoisotopic (exact) mass is 261 g/mol. The maximum Gasteiger partial charge on any atom is 0.255 e. The number of carbonyl (C=O) groups excluding carboxylic acids is 1. The van der Waals surface area contributed by atoms with Crippen LogP contribution in [-0.4, -0.2) is 66.6 Å². The first-order valence-corrected chi connectivity index (χ1v) is 5.99. The molecule has 0 unspecified atom stereocenters. The summed E-state index contributed by atoms with van der Waals surface area (Å²) >= 11 is 0. The maximum atomic E-state index is 12.2. The molecule has 5 nitrogen and oxygen atoms in total. The lowest BCUT2D eigenvalue weighted by Gasteiger charge is -2.19. The number of likely N-dealkylation sites (N-methyl/N-ethyl adjacent to an activating group) is 2. The molecule has 1 heterocycles. The Morgan fingerprint density at radius 3 is 2.68 bits per heavy atom. The van der Waals surface area contributed by atoms with Crippen molar-refractivity contribution < 1.29 is 9.90 Å². The van der Waals surface area contributed by atoms with Crippen LogP contribution in [0.5, 0.6) is 0 Å². The summed E-state index contributed by atoms with van der Waals surface area (Å²) in [5.74, 6) is 5.19. The first-order valence-electron chi connectivity index (χ1n) is 5.99. The largest absolute Gasteiger partial charge is 0.384 e. The maximum absolute atomic E-state index is 12.2. The van der Waals surface area contributed by atoms with Crippen molar-refractivity contribution in [3.05, 3.63) is 29.6 Å². The summed E-state index contributed by atoms with van der Waals surface area (Å²) in [6.07, 6.45) is 3.10. The third-order valence-corrected chi connectivity index (χ3v) is 2.53. The van der Waals surface area contributed by atoms with Gasteiger partial charge in [0.25, 0.3) is 5.91 Å². The van der Waals surface area contributed by atoms with Gasteiger partial charge in [-0.25, -0.2) is 0 Å². The summed E-state index contributed by atoms with van der Waals surface area (Å²) in [4.78, 5) is 19.8. The SMILES string of the molecule is CN(C)CCN(C)C(=O)c1cncc(C#CCO)c1. The van der Waals surface area contributed by atoms with E-state index < -0.39 is 0 Å². The van der Waals surface area contributed by atoms with Gasteiger partial charge >= 0.3 is 0 Å². The van der Waals surface area contributed by atoms with Crippen LogP contribution in [0.4, 0.5) is 0 Å². The molecule has 0 spiro atoms. The van der Waals surface area contributed by atoms with Crippen molar-refractivity contribution in [3.8, 4) is 11.8 Å². The Morgan fingerprint density at radius 2 is 2.05 bits per heavy atom. The molecule has 0 saturated carbocycles. The Kier molecular flexibility index (Phi) is 6.00. The highest BCUT2D eigenvalue weighted by Crippen LogP contribution is 2.05. The lowest BCUT2D eigenvalue weighted by molar-refractivity contribution is 0.0786. The van der Waals surface area contributed by atoms with Crippen molar-refractivity contribution in [3.63, 3.8) is 0 Å². The fraction of sp³-hybridized carbons (Fsp3) is 0.429. The fourth-order valence-electron chi connectivity index (χ4n) is 1.44. The van der Waals surface area contributed by atoms with E-state index in [9.17, 15) is 4.79 Å². The summed E-state index contributed by atoms with van der Waals surface area (Å²) < 4.78 is 0. The molecule has 0 aromatic carbocycles. The van der Waals surface area contributed by atoms with Crippen LogP contribution < -0.4 is 0 Å². The van der Waals surface area contributed by atoms with Gasteiger partial charge in [-0.15, -0.1) is 0 Å². The average molecular weight is 261 g/mol. The molecular weight excluding hydrogens is 242 g/mol. The zero-order chi connectivity index (χ0) is 14.3. The molecule has 19 heavy (non-hydrogen) atoms. The van der Waals surface area contributed by atoms with Gasteiger partial charge in [-0.2, -0.15) is 0 Å². The predicted octanol–water partition coefficient (Wildman–Crippen LogP) is 0.0590. The lowest BCUT2D eigenvalue weighted by Crippen LogP contribution is -2.33. The molecule has 102 valence electrons. The van der Waals surface area contributed by atoms with Gasteiger partial charge in [-0.05, 0) is 20.2 Å². The minimum atomic E-state index is -0.207. The number of hydrogen-bond donors (Lipinski definition) is 1. The molecule has 1 aromatic heterocycles. The summed E-state index contributed by atoms with van der Waals surface area (Å²) in [6.45, 7) is 1.25. The fourth-order valence-corrected chi connectivity index (χ4v) is 1.44. The van der Waals surface area contributed by atoms with E-state index in [1.807, 2.05) is 19.0 Å². The lowest BCUT2D eigenvalue weighted by atomic mass is 10.2. The molecule has 1 rings (SSSR count). The number of nitrogens with zero attached hydrogens (tertiary/aromatic N) is 3. The van der Waals surface area contributed by atoms with Gasteiger partial charge in [0.15, 0.2) is 0 Å². The van der Waals surface area contributed by atoms with Crippen LogP contribution in [0.2, 0.25) is 0 Å². The van der Waals surface area contributed by atoms with Crippen LogP contribution in [-0.2, 0) is 0 Å². The van der Waals surface area contributed by atoms with Crippen LogP contribution >= 0.6 is 0 Å². The standard InChI is InChI=1S/C14H19N3O2/c1-16(2)6-7-17(3)14(19)13-9-12(5-4-8-18)10-15-11-13/h9-11,18H,6-8H2,1-3H3. The van der Waals surface area contributed by atoms with Crippen LogP contribution in [0, 0.1) is 11.8 Å². The molecule has 0 radical (unpaired) electrons. The number of aliphatic hydroxyl groups excluding tert-OH is 1. The second kappa shape index (κ2) is 7.52. The molecule has 0 bridgehead atoms. The van der Waals surface area contributed by atoms with Gasteiger partial charge in [0, 0.05) is 38.1 Å². The first kappa shape index (κ1) is 15.2. The Bertz CT molecular complexity index is 489. The average Bonchev–Trinajstić information content (AvgIpc) is 2.41.